The molecule has 1 N–H and O–H groups in total. The fraction of sp³-hybridized carbons (Fsp3) is 0.714. The zero-order valence-electron chi connectivity index (χ0n) is 12.2. The molecule has 102 valence electrons. The summed E-state index contributed by atoms with van der Waals surface area (Å²) in [6.07, 6.45) is 1.04. The molecule has 0 aliphatic heterocycles. The van der Waals surface area contributed by atoms with Crippen molar-refractivity contribution in [2.24, 2.45) is 5.92 Å². The first-order valence-corrected chi connectivity index (χ1v) is 6.78. The van der Waals surface area contributed by atoms with Crippen molar-refractivity contribution in [3.8, 4) is 5.88 Å². The van der Waals surface area contributed by atoms with Gasteiger partial charge in [0.15, 0.2) is 0 Å². The van der Waals surface area contributed by atoms with Crippen molar-refractivity contribution >= 4 is 5.82 Å². The van der Waals surface area contributed by atoms with Gasteiger partial charge >= 0.3 is 0 Å². The quantitative estimate of drug-likeness (QED) is 0.806. The van der Waals surface area contributed by atoms with E-state index >= 15 is 0 Å². The van der Waals surface area contributed by atoms with E-state index in [1.165, 1.54) is 0 Å². The van der Waals surface area contributed by atoms with Crippen LogP contribution in [0.4, 0.5) is 5.82 Å². The van der Waals surface area contributed by atoms with E-state index in [2.05, 4.69) is 49.9 Å². The van der Waals surface area contributed by atoms with Crippen molar-refractivity contribution in [2.75, 3.05) is 18.5 Å². The molecule has 1 aromatic rings. The third kappa shape index (κ3) is 4.90. The molecule has 0 spiro atoms. The van der Waals surface area contributed by atoms with Gasteiger partial charge in [-0.1, -0.05) is 27.7 Å². The minimum absolute atomic E-state index is 0.302. The highest BCUT2D eigenvalue weighted by atomic mass is 16.5. The SMILES string of the molecule is CCNc1cc(OCCC(C)C)nc(C(C)C)n1. The number of nitrogens with one attached hydrogen (secondary N) is 1. The van der Waals surface area contributed by atoms with Gasteiger partial charge in [0.05, 0.1) is 6.61 Å². The van der Waals surface area contributed by atoms with Crippen LogP contribution in [0.5, 0.6) is 5.88 Å². The van der Waals surface area contributed by atoms with Crippen LogP contribution in [0.1, 0.15) is 52.8 Å². The summed E-state index contributed by atoms with van der Waals surface area (Å²) < 4.78 is 5.70. The molecule has 0 amide bonds. The van der Waals surface area contributed by atoms with Crippen LogP contribution in [-0.2, 0) is 0 Å². The third-order valence-corrected chi connectivity index (χ3v) is 2.54. The molecule has 1 heterocycles. The number of ether oxygens (including phenoxy) is 1. The van der Waals surface area contributed by atoms with Crippen LogP contribution in [0.15, 0.2) is 6.07 Å². The maximum atomic E-state index is 5.70. The maximum absolute atomic E-state index is 5.70. The van der Waals surface area contributed by atoms with Crippen molar-refractivity contribution in [3.05, 3.63) is 11.9 Å². The van der Waals surface area contributed by atoms with Crippen molar-refractivity contribution in [3.63, 3.8) is 0 Å². The number of nitrogens with zero attached hydrogens (tertiary/aromatic N) is 2. The summed E-state index contributed by atoms with van der Waals surface area (Å²) in [6, 6.07) is 1.87. The molecule has 4 nitrogen and oxygen atoms in total. The highest BCUT2D eigenvalue weighted by Gasteiger charge is 2.08. The second kappa shape index (κ2) is 7.19. The average Bonchev–Trinajstić information content (AvgIpc) is 2.28. The number of hydrogen-bond donors (Lipinski definition) is 1. The zero-order valence-corrected chi connectivity index (χ0v) is 12.2. The van der Waals surface area contributed by atoms with E-state index in [1.807, 2.05) is 6.07 Å². The summed E-state index contributed by atoms with van der Waals surface area (Å²) in [5, 5.41) is 3.21. The van der Waals surface area contributed by atoms with Gasteiger partial charge in [0, 0.05) is 18.5 Å². The predicted octanol–water partition coefficient (Wildman–Crippen LogP) is 3.46. The van der Waals surface area contributed by atoms with E-state index < -0.39 is 0 Å². The molecule has 0 aliphatic carbocycles. The lowest BCUT2D eigenvalue weighted by Gasteiger charge is -2.12. The lowest BCUT2D eigenvalue weighted by molar-refractivity contribution is 0.278. The van der Waals surface area contributed by atoms with Crippen LogP contribution >= 0.6 is 0 Å². The van der Waals surface area contributed by atoms with Gasteiger partial charge < -0.3 is 10.1 Å². The smallest absolute Gasteiger partial charge is 0.218 e. The summed E-state index contributed by atoms with van der Waals surface area (Å²) in [4.78, 5) is 8.90. The molecular weight excluding hydrogens is 226 g/mol. The summed E-state index contributed by atoms with van der Waals surface area (Å²) in [5.74, 6) is 3.29. The van der Waals surface area contributed by atoms with E-state index in [4.69, 9.17) is 4.74 Å². The van der Waals surface area contributed by atoms with E-state index in [1.54, 1.807) is 0 Å². The van der Waals surface area contributed by atoms with Gasteiger partial charge in [0.25, 0.3) is 0 Å². The number of rotatable bonds is 7. The predicted molar refractivity (Wildman–Crippen MR) is 75.2 cm³/mol. The summed E-state index contributed by atoms with van der Waals surface area (Å²) in [5.41, 5.74) is 0. The zero-order chi connectivity index (χ0) is 13.5. The summed E-state index contributed by atoms with van der Waals surface area (Å²) in [7, 11) is 0. The Morgan fingerprint density at radius 3 is 2.50 bits per heavy atom. The van der Waals surface area contributed by atoms with Gasteiger partial charge in [-0.2, -0.15) is 4.98 Å². The lowest BCUT2D eigenvalue weighted by atomic mass is 10.1. The van der Waals surface area contributed by atoms with Crippen LogP contribution in [0.3, 0.4) is 0 Å². The van der Waals surface area contributed by atoms with E-state index in [-0.39, 0.29) is 0 Å². The Morgan fingerprint density at radius 2 is 1.94 bits per heavy atom. The monoisotopic (exact) mass is 251 g/mol. The molecule has 0 radical (unpaired) electrons. The number of hydrogen-bond acceptors (Lipinski definition) is 4. The normalized spacial score (nSPS) is 11.1. The highest BCUT2D eigenvalue weighted by Crippen LogP contribution is 2.18. The first kappa shape index (κ1) is 14.7. The van der Waals surface area contributed by atoms with E-state index in [9.17, 15) is 0 Å². The fourth-order valence-electron chi connectivity index (χ4n) is 1.45. The van der Waals surface area contributed by atoms with Gasteiger partial charge in [-0.05, 0) is 19.3 Å². The molecule has 0 saturated heterocycles. The van der Waals surface area contributed by atoms with E-state index in [0.29, 0.717) is 24.3 Å². The molecule has 0 bridgehead atoms. The first-order valence-electron chi connectivity index (χ1n) is 6.78. The molecule has 0 saturated carbocycles. The van der Waals surface area contributed by atoms with Gasteiger partial charge in [-0.15, -0.1) is 0 Å². The molecular formula is C14H25N3O. The lowest BCUT2D eigenvalue weighted by Crippen LogP contribution is -2.08. The molecule has 1 rings (SSSR count). The molecule has 0 aliphatic rings. The van der Waals surface area contributed by atoms with Crippen molar-refractivity contribution < 1.29 is 4.74 Å². The van der Waals surface area contributed by atoms with Crippen LogP contribution in [0, 0.1) is 5.92 Å². The Balaban J connectivity index is 2.75. The van der Waals surface area contributed by atoms with Crippen LogP contribution in [0.2, 0.25) is 0 Å². The molecule has 0 atom stereocenters. The Kier molecular flexibility index (Phi) is 5.89. The maximum Gasteiger partial charge on any atom is 0.218 e. The number of aromatic nitrogens is 2. The van der Waals surface area contributed by atoms with Crippen molar-refractivity contribution in [1.29, 1.82) is 0 Å². The molecule has 0 fully saturated rings. The molecule has 1 aromatic heterocycles. The van der Waals surface area contributed by atoms with Gasteiger partial charge in [0.2, 0.25) is 5.88 Å². The summed E-state index contributed by atoms with van der Waals surface area (Å²) >= 11 is 0. The van der Waals surface area contributed by atoms with Crippen molar-refractivity contribution in [1.82, 2.24) is 9.97 Å². The highest BCUT2D eigenvalue weighted by molar-refractivity contribution is 5.38. The standard InChI is InChI=1S/C14H25N3O/c1-6-15-12-9-13(18-8-7-10(2)3)17-14(16-12)11(4)5/h9-11H,6-8H2,1-5H3,(H,15,16,17). The molecule has 18 heavy (non-hydrogen) atoms. The van der Waals surface area contributed by atoms with Crippen molar-refractivity contribution in [2.45, 2.75) is 47.0 Å². The first-order chi connectivity index (χ1) is 8.52. The van der Waals surface area contributed by atoms with Gasteiger partial charge in [-0.3, -0.25) is 0 Å². The largest absolute Gasteiger partial charge is 0.478 e. The topological polar surface area (TPSA) is 47.0 Å². The minimum atomic E-state index is 0.302. The van der Waals surface area contributed by atoms with E-state index in [0.717, 1.165) is 24.6 Å². The van der Waals surface area contributed by atoms with Crippen LogP contribution in [0.25, 0.3) is 0 Å². The minimum Gasteiger partial charge on any atom is -0.478 e. The Labute approximate surface area is 110 Å². The average molecular weight is 251 g/mol. The van der Waals surface area contributed by atoms with Gasteiger partial charge in [-0.25, -0.2) is 4.98 Å². The Hall–Kier alpha value is -1.32. The third-order valence-electron chi connectivity index (χ3n) is 2.54. The van der Waals surface area contributed by atoms with Crippen LogP contribution < -0.4 is 10.1 Å². The molecule has 0 aromatic carbocycles. The number of anilines is 1. The second-order valence-corrected chi connectivity index (χ2v) is 5.17. The second-order valence-electron chi connectivity index (χ2n) is 5.17. The molecule has 0 unspecified atom stereocenters. The molecule has 4 heteroatoms. The Bertz CT molecular complexity index is 364. The Morgan fingerprint density at radius 1 is 1.22 bits per heavy atom. The van der Waals surface area contributed by atoms with Crippen LogP contribution in [-0.4, -0.2) is 23.1 Å². The fourth-order valence-corrected chi connectivity index (χ4v) is 1.45. The summed E-state index contributed by atoms with van der Waals surface area (Å²) in [6.45, 7) is 12.2. The van der Waals surface area contributed by atoms with Gasteiger partial charge in [0.1, 0.15) is 11.6 Å².